The van der Waals surface area contributed by atoms with E-state index in [4.69, 9.17) is 52.5 Å². The number of nitriles is 1. The summed E-state index contributed by atoms with van der Waals surface area (Å²) in [4.78, 5) is 16.1. The zero-order valence-electron chi connectivity index (χ0n) is 39.1. The maximum Gasteiger partial charge on any atom is 0.256 e. The minimum Gasteiger partial charge on any atom is -0.487 e. The lowest BCUT2D eigenvalue weighted by atomic mass is 9.89. The number of morpholine rings is 1. The highest BCUT2D eigenvalue weighted by Gasteiger charge is 2.42. The Labute approximate surface area is 393 Å². The standard InChI is InChI=1S/C47H68N10O10/c1-36(30-55-35-49-34-52-55)67-45-26-37(4-5-38(45)27-48)39-28-50-47(51-29-39)53-44-31-56(40-6-8-41(9-7-40)57-42-10-11-43(57)33-65-32-42)54-46(44)66-13-3-12-59-16-17-61-20-21-63-24-25-64-23-22-62-19-18-60-15-14-58-2/h4-5,26,28-29,31,34-36,40-43H,3,6-25,30,32-33H2,1-2H3,(H,50,51,53)/t36-,40-,41-,42-,43+/m0/s1. The minimum atomic E-state index is -0.249. The van der Waals surface area contributed by atoms with Crippen LogP contribution in [0, 0.1) is 11.3 Å². The van der Waals surface area contributed by atoms with Crippen LogP contribution in [0.5, 0.6) is 11.6 Å². The molecular formula is C47H68N10O10. The highest BCUT2D eigenvalue weighted by atomic mass is 16.6. The molecule has 2 bridgehead atoms. The number of nitrogens with zero attached hydrogens (tertiary/aromatic N) is 9. The number of ether oxygens (including phenoxy) is 10. The Kier molecular flexibility index (Phi) is 20.8. The minimum absolute atomic E-state index is 0.249. The van der Waals surface area contributed by atoms with Crippen LogP contribution < -0.4 is 14.8 Å². The van der Waals surface area contributed by atoms with Gasteiger partial charge >= 0.3 is 0 Å². The average Bonchev–Trinajstić information content (AvgIpc) is 4.08. The van der Waals surface area contributed by atoms with Crippen molar-refractivity contribution in [3.8, 4) is 28.8 Å². The summed E-state index contributed by atoms with van der Waals surface area (Å²) < 4.78 is 60.4. The Bertz CT molecular complexity index is 2010. The SMILES string of the molecule is COCCOCCOCCOCCOCCOCCOCCCOc1nn([C@H]2CC[C@H](N3[C@@H]4CC[C@H]3COC4)CC2)cc1Nc1ncc(-c2ccc(C#N)c(O[C@@H](C)Cn3cncn3)c2)cn1. The van der Waals surface area contributed by atoms with Crippen molar-refractivity contribution >= 4 is 11.6 Å². The molecule has 2 aliphatic heterocycles. The van der Waals surface area contributed by atoms with Crippen LogP contribution in [-0.4, -0.2) is 176 Å². The predicted octanol–water partition coefficient (Wildman–Crippen LogP) is 4.88. The third kappa shape index (κ3) is 15.9. The number of aromatic nitrogens is 7. The van der Waals surface area contributed by atoms with E-state index in [0.29, 0.717) is 152 Å². The van der Waals surface area contributed by atoms with Crippen molar-refractivity contribution in [2.45, 2.75) is 88.7 Å². The molecule has 20 nitrogen and oxygen atoms in total. The molecule has 7 rings (SSSR count). The molecule has 3 aliphatic rings. The highest BCUT2D eigenvalue weighted by Crippen LogP contribution is 2.39. The van der Waals surface area contributed by atoms with Crippen molar-refractivity contribution in [2.75, 3.05) is 118 Å². The third-order valence-corrected chi connectivity index (χ3v) is 12.0. The molecule has 1 aromatic carbocycles. The maximum absolute atomic E-state index is 9.78. The van der Waals surface area contributed by atoms with Crippen molar-refractivity contribution in [2.24, 2.45) is 0 Å². The van der Waals surface area contributed by atoms with Gasteiger partial charge in [0.15, 0.2) is 0 Å². The fraction of sp³-hybridized carbons (Fsp3) is 0.660. The molecule has 20 heteroatoms. The van der Waals surface area contributed by atoms with Crippen LogP contribution in [0.25, 0.3) is 11.1 Å². The van der Waals surface area contributed by atoms with Crippen LogP contribution in [0.4, 0.5) is 11.6 Å². The number of anilines is 2. The fourth-order valence-electron chi connectivity index (χ4n) is 8.70. The van der Waals surface area contributed by atoms with Crippen LogP contribution in [0.3, 0.4) is 0 Å². The van der Waals surface area contributed by atoms with E-state index in [1.165, 1.54) is 19.2 Å². The van der Waals surface area contributed by atoms with Gasteiger partial charge in [-0.25, -0.2) is 19.6 Å². The van der Waals surface area contributed by atoms with Gasteiger partial charge in [0.2, 0.25) is 5.95 Å². The fourth-order valence-corrected chi connectivity index (χ4v) is 8.70. The van der Waals surface area contributed by atoms with Gasteiger partial charge in [-0.05, 0) is 63.1 Å². The first-order valence-corrected chi connectivity index (χ1v) is 23.7. The summed E-state index contributed by atoms with van der Waals surface area (Å²) in [6, 6.07) is 9.66. The zero-order chi connectivity index (χ0) is 46.3. The van der Waals surface area contributed by atoms with Crippen molar-refractivity contribution in [3.63, 3.8) is 0 Å². The summed E-state index contributed by atoms with van der Waals surface area (Å²) in [6.07, 6.45) is 15.9. The van der Waals surface area contributed by atoms with Gasteiger partial charge in [0.25, 0.3) is 5.88 Å². The second kappa shape index (κ2) is 27.9. The quantitative estimate of drug-likeness (QED) is 0.0648. The molecule has 4 aromatic rings. The lowest BCUT2D eigenvalue weighted by Gasteiger charge is -2.43. The second-order valence-corrected chi connectivity index (χ2v) is 16.8. The molecule has 1 N–H and O–H groups in total. The van der Waals surface area contributed by atoms with Gasteiger partial charge < -0.3 is 52.7 Å². The summed E-state index contributed by atoms with van der Waals surface area (Å²) >= 11 is 0. The topological polar surface area (TPSA) is 206 Å². The van der Waals surface area contributed by atoms with E-state index in [9.17, 15) is 5.26 Å². The molecule has 1 saturated carbocycles. The Hall–Kier alpha value is -4.82. The molecule has 0 amide bonds. The van der Waals surface area contributed by atoms with E-state index < -0.39 is 0 Å². The number of fused-ring (bicyclic) bond motifs is 2. The molecule has 1 aliphatic carbocycles. The molecular weight excluding hydrogens is 865 g/mol. The molecule has 0 radical (unpaired) electrons. The van der Waals surface area contributed by atoms with E-state index in [1.807, 2.05) is 25.3 Å². The summed E-state index contributed by atoms with van der Waals surface area (Å²) in [7, 11) is 1.65. The summed E-state index contributed by atoms with van der Waals surface area (Å²) in [5, 5.41) is 22.3. The Morgan fingerprint density at radius 3 is 1.94 bits per heavy atom. The molecule has 3 atom stereocenters. The molecule has 0 spiro atoms. The number of hydrogen-bond donors (Lipinski definition) is 1. The first-order valence-electron chi connectivity index (χ1n) is 23.7. The lowest BCUT2D eigenvalue weighted by Crippen LogP contribution is -2.52. The van der Waals surface area contributed by atoms with Crippen LogP contribution in [-0.2, 0) is 44.4 Å². The lowest BCUT2D eigenvalue weighted by molar-refractivity contribution is -0.0458. The molecule has 2 saturated heterocycles. The van der Waals surface area contributed by atoms with E-state index in [0.717, 1.165) is 50.0 Å². The monoisotopic (exact) mass is 933 g/mol. The number of nitrogens with one attached hydrogen (secondary N) is 1. The van der Waals surface area contributed by atoms with Crippen molar-refractivity contribution < 1.29 is 47.4 Å². The average molecular weight is 933 g/mol. The second-order valence-electron chi connectivity index (χ2n) is 16.8. The van der Waals surface area contributed by atoms with E-state index >= 15 is 0 Å². The summed E-state index contributed by atoms with van der Waals surface area (Å²) in [5.41, 5.74) is 2.73. The van der Waals surface area contributed by atoms with E-state index in [2.05, 4.69) is 41.0 Å². The molecule has 3 aromatic heterocycles. The molecule has 5 heterocycles. The molecule has 67 heavy (non-hydrogen) atoms. The van der Waals surface area contributed by atoms with E-state index in [-0.39, 0.29) is 12.1 Å². The summed E-state index contributed by atoms with van der Waals surface area (Å²) in [5.74, 6) is 1.38. The van der Waals surface area contributed by atoms with Gasteiger partial charge in [-0.15, -0.1) is 5.10 Å². The van der Waals surface area contributed by atoms with Gasteiger partial charge in [0.1, 0.15) is 36.3 Å². The van der Waals surface area contributed by atoms with Crippen molar-refractivity contribution in [3.05, 3.63) is 55.0 Å². The smallest absolute Gasteiger partial charge is 0.256 e. The largest absolute Gasteiger partial charge is 0.487 e. The first kappa shape index (κ1) is 50.1. The highest BCUT2D eigenvalue weighted by molar-refractivity contribution is 5.67. The van der Waals surface area contributed by atoms with Crippen molar-refractivity contribution in [1.82, 2.24) is 39.4 Å². The van der Waals surface area contributed by atoms with Gasteiger partial charge in [0, 0.05) is 56.2 Å². The van der Waals surface area contributed by atoms with Crippen LogP contribution >= 0.6 is 0 Å². The van der Waals surface area contributed by atoms with Crippen LogP contribution in [0.1, 0.15) is 63.5 Å². The normalized spacial score (nSPS) is 19.9. The Morgan fingerprint density at radius 2 is 1.34 bits per heavy atom. The summed E-state index contributed by atoms with van der Waals surface area (Å²) in [6.45, 7) is 11.3. The van der Waals surface area contributed by atoms with Gasteiger partial charge in [-0.3, -0.25) is 9.58 Å². The molecule has 3 fully saturated rings. The maximum atomic E-state index is 9.78. The van der Waals surface area contributed by atoms with Gasteiger partial charge in [0.05, 0.1) is 123 Å². The predicted molar refractivity (Wildman–Crippen MR) is 245 cm³/mol. The molecule has 0 unspecified atom stereocenters. The first-order chi connectivity index (χ1) is 33.1. The zero-order valence-corrected chi connectivity index (χ0v) is 39.1. The van der Waals surface area contributed by atoms with Gasteiger partial charge in [-0.1, -0.05) is 6.07 Å². The molecule has 366 valence electrons. The third-order valence-electron chi connectivity index (χ3n) is 12.0. The van der Waals surface area contributed by atoms with Gasteiger partial charge in [-0.2, -0.15) is 10.4 Å². The van der Waals surface area contributed by atoms with E-state index in [1.54, 1.807) is 36.6 Å². The number of hydrogen-bond acceptors (Lipinski definition) is 18. The number of rotatable bonds is 32. The van der Waals surface area contributed by atoms with Crippen molar-refractivity contribution in [1.29, 1.82) is 5.26 Å². The number of methoxy groups -OCH3 is 1. The Morgan fingerprint density at radius 1 is 0.746 bits per heavy atom. The number of benzene rings is 1. The van der Waals surface area contributed by atoms with Crippen LogP contribution in [0.2, 0.25) is 0 Å². The van der Waals surface area contributed by atoms with Crippen LogP contribution in [0.15, 0.2) is 49.4 Å². The Balaban J connectivity index is 0.844.